The standard InChI is InChI=1S/C12H20N4O/c1-13-6-10-7-14-12(15-8-10)16(2)9-11-4-3-5-17-11/h7-8,11,13H,3-6,9H2,1-2H3. The maximum absolute atomic E-state index is 5.60. The van der Waals surface area contributed by atoms with E-state index in [1.54, 1.807) is 0 Å². The van der Waals surface area contributed by atoms with Gasteiger partial charge in [-0.3, -0.25) is 0 Å². The van der Waals surface area contributed by atoms with Gasteiger partial charge in [-0.05, 0) is 19.9 Å². The minimum Gasteiger partial charge on any atom is -0.376 e. The van der Waals surface area contributed by atoms with Gasteiger partial charge in [-0.25, -0.2) is 9.97 Å². The van der Waals surface area contributed by atoms with Crippen LogP contribution in [0.4, 0.5) is 5.95 Å². The van der Waals surface area contributed by atoms with Crippen LogP contribution in [0, 0.1) is 0 Å². The lowest BCUT2D eigenvalue weighted by Crippen LogP contribution is -2.29. The maximum atomic E-state index is 5.60. The zero-order valence-electron chi connectivity index (χ0n) is 10.5. The number of likely N-dealkylation sites (N-methyl/N-ethyl adjacent to an activating group) is 1. The van der Waals surface area contributed by atoms with Gasteiger partial charge in [-0.1, -0.05) is 0 Å². The quantitative estimate of drug-likeness (QED) is 0.820. The zero-order chi connectivity index (χ0) is 12.1. The minimum atomic E-state index is 0.334. The summed E-state index contributed by atoms with van der Waals surface area (Å²) in [7, 11) is 3.92. The molecule has 1 saturated heterocycles. The van der Waals surface area contributed by atoms with Crippen molar-refractivity contribution < 1.29 is 4.74 Å². The molecule has 1 unspecified atom stereocenters. The first-order valence-corrected chi connectivity index (χ1v) is 6.08. The number of hydrogen-bond donors (Lipinski definition) is 1. The van der Waals surface area contributed by atoms with Gasteiger partial charge < -0.3 is 15.0 Å². The fourth-order valence-electron chi connectivity index (χ4n) is 2.02. The van der Waals surface area contributed by atoms with Gasteiger partial charge in [0.15, 0.2) is 0 Å². The van der Waals surface area contributed by atoms with Gasteiger partial charge in [0.25, 0.3) is 0 Å². The van der Waals surface area contributed by atoms with E-state index in [0.717, 1.165) is 37.6 Å². The van der Waals surface area contributed by atoms with Gasteiger partial charge in [0, 0.05) is 44.7 Å². The van der Waals surface area contributed by atoms with Crippen LogP contribution in [0.3, 0.4) is 0 Å². The summed E-state index contributed by atoms with van der Waals surface area (Å²) in [5.41, 5.74) is 1.10. The fraction of sp³-hybridized carbons (Fsp3) is 0.667. The monoisotopic (exact) mass is 236 g/mol. The van der Waals surface area contributed by atoms with E-state index in [-0.39, 0.29) is 0 Å². The van der Waals surface area contributed by atoms with Crippen molar-refractivity contribution in [1.29, 1.82) is 0 Å². The van der Waals surface area contributed by atoms with Crippen molar-refractivity contribution in [1.82, 2.24) is 15.3 Å². The third kappa shape index (κ3) is 3.38. The van der Waals surface area contributed by atoms with E-state index in [9.17, 15) is 0 Å². The Bertz CT molecular complexity index is 335. The molecule has 1 aliphatic heterocycles. The van der Waals surface area contributed by atoms with Crippen LogP contribution in [0.15, 0.2) is 12.4 Å². The van der Waals surface area contributed by atoms with E-state index in [4.69, 9.17) is 4.74 Å². The van der Waals surface area contributed by atoms with Crippen molar-refractivity contribution in [3.8, 4) is 0 Å². The number of rotatable bonds is 5. The smallest absolute Gasteiger partial charge is 0.225 e. The van der Waals surface area contributed by atoms with Crippen molar-refractivity contribution in [2.24, 2.45) is 0 Å². The van der Waals surface area contributed by atoms with Gasteiger partial charge in [0.05, 0.1) is 6.10 Å². The van der Waals surface area contributed by atoms with Crippen LogP contribution in [0.1, 0.15) is 18.4 Å². The highest BCUT2D eigenvalue weighted by atomic mass is 16.5. The molecule has 1 fully saturated rings. The van der Waals surface area contributed by atoms with Gasteiger partial charge in [-0.15, -0.1) is 0 Å². The van der Waals surface area contributed by atoms with E-state index in [2.05, 4.69) is 20.2 Å². The highest BCUT2D eigenvalue weighted by molar-refractivity contribution is 5.28. The fourth-order valence-corrected chi connectivity index (χ4v) is 2.02. The highest BCUT2D eigenvalue weighted by Crippen LogP contribution is 2.15. The lowest BCUT2D eigenvalue weighted by molar-refractivity contribution is 0.116. The molecule has 0 aromatic carbocycles. The largest absolute Gasteiger partial charge is 0.376 e. The topological polar surface area (TPSA) is 50.3 Å². The molecule has 1 aliphatic rings. The molecule has 0 amide bonds. The van der Waals surface area contributed by atoms with E-state index in [1.165, 1.54) is 6.42 Å². The Morgan fingerprint density at radius 1 is 1.47 bits per heavy atom. The van der Waals surface area contributed by atoms with Gasteiger partial charge in [0.1, 0.15) is 0 Å². The van der Waals surface area contributed by atoms with Gasteiger partial charge in [0.2, 0.25) is 5.95 Å². The normalized spacial score (nSPS) is 19.5. The second kappa shape index (κ2) is 5.93. The molecule has 0 spiro atoms. The summed E-state index contributed by atoms with van der Waals surface area (Å²) in [5, 5.41) is 3.08. The summed E-state index contributed by atoms with van der Waals surface area (Å²) in [6, 6.07) is 0. The molecule has 0 aliphatic carbocycles. The molecule has 2 rings (SSSR count). The van der Waals surface area contributed by atoms with Crippen LogP contribution in [0.25, 0.3) is 0 Å². The molecule has 1 aromatic rings. The molecular weight excluding hydrogens is 216 g/mol. The molecule has 17 heavy (non-hydrogen) atoms. The molecule has 1 aromatic heterocycles. The van der Waals surface area contributed by atoms with E-state index in [0.29, 0.717) is 6.10 Å². The number of anilines is 1. The number of aromatic nitrogens is 2. The first-order valence-electron chi connectivity index (χ1n) is 6.08. The first kappa shape index (κ1) is 12.3. The Labute approximate surface area is 102 Å². The zero-order valence-corrected chi connectivity index (χ0v) is 10.5. The van der Waals surface area contributed by atoms with Crippen molar-refractivity contribution in [3.63, 3.8) is 0 Å². The molecule has 5 heteroatoms. The van der Waals surface area contributed by atoms with Crippen LogP contribution in [-0.4, -0.2) is 43.3 Å². The molecule has 2 heterocycles. The molecule has 0 bridgehead atoms. The molecule has 5 nitrogen and oxygen atoms in total. The molecule has 1 atom stereocenters. The summed E-state index contributed by atoms with van der Waals surface area (Å²) >= 11 is 0. The summed E-state index contributed by atoms with van der Waals surface area (Å²) in [5.74, 6) is 0.764. The van der Waals surface area contributed by atoms with E-state index >= 15 is 0 Å². The molecule has 0 radical (unpaired) electrons. The predicted octanol–water partition coefficient (Wildman–Crippen LogP) is 0.811. The van der Waals surface area contributed by atoms with E-state index in [1.807, 2.05) is 26.5 Å². The summed E-state index contributed by atoms with van der Waals surface area (Å²) < 4.78 is 5.60. The average Bonchev–Trinajstić information content (AvgIpc) is 2.83. The third-order valence-electron chi connectivity index (χ3n) is 2.92. The minimum absolute atomic E-state index is 0.334. The molecule has 0 saturated carbocycles. The van der Waals surface area contributed by atoms with Gasteiger partial charge >= 0.3 is 0 Å². The summed E-state index contributed by atoms with van der Waals surface area (Å²) in [6.45, 7) is 2.56. The Morgan fingerprint density at radius 3 is 2.82 bits per heavy atom. The Balaban J connectivity index is 1.91. The average molecular weight is 236 g/mol. The van der Waals surface area contributed by atoms with Crippen LogP contribution in [0.5, 0.6) is 0 Å². The first-order chi connectivity index (χ1) is 8.29. The van der Waals surface area contributed by atoms with Gasteiger partial charge in [-0.2, -0.15) is 0 Å². The van der Waals surface area contributed by atoms with E-state index < -0.39 is 0 Å². The summed E-state index contributed by atoms with van der Waals surface area (Å²) in [6.07, 6.45) is 6.37. The van der Waals surface area contributed by atoms with Crippen LogP contribution >= 0.6 is 0 Å². The second-order valence-corrected chi connectivity index (χ2v) is 4.44. The Morgan fingerprint density at radius 2 is 2.24 bits per heavy atom. The Kier molecular flexibility index (Phi) is 4.28. The number of nitrogens with one attached hydrogen (secondary N) is 1. The molecular formula is C12H20N4O. The maximum Gasteiger partial charge on any atom is 0.225 e. The van der Waals surface area contributed by atoms with Crippen molar-refractivity contribution in [2.75, 3.05) is 32.1 Å². The molecule has 94 valence electrons. The van der Waals surface area contributed by atoms with Crippen molar-refractivity contribution in [2.45, 2.75) is 25.5 Å². The lowest BCUT2D eigenvalue weighted by atomic mass is 10.2. The van der Waals surface area contributed by atoms with Crippen molar-refractivity contribution in [3.05, 3.63) is 18.0 Å². The second-order valence-electron chi connectivity index (χ2n) is 4.44. The summed E-state index contributed by atoms with van der Waals surface area (Å²) in [4.78, 5) is 10.8. The lowest BCUT2D eigenvalue weighted by Gasteiger charge is -2.20. The number of nitrogens with zero attached hydrogens (tertiary/aromatic N) is 3. The predicted molar refractivity (Wildman–Crippen MR) is 67.0 cm³/mol. The number of ether oxygens (including phenoxy) is 1. The van der Waals surface area contributed by atoms with Crippen LogP contribution < -0.4 is 10.2 Å². The third-order valence-corrected chi connectivity index (χ3v) is 2.92. The molecule has 1 N–H and O–H groups in total. The van der Waals surface area contributed by atoms with Crippen molar-refractivity contribution >= 4 is 5.95 Å². The van der Waals surface area contributed by atoms with Crippen LogP contribution in [-0.2, 0) is 11.3 Å². The number of hydrogen-bond acceptors (Lipinski definition) is 5. The van der Waals surface area contributed by atoms with Crippen LogP contribution in [0.2, 0.25) is 0 Å². The Hall–Kier alpha value is -1.20. The highest BCUT2D eigenvalue weighted by Gasteiger charge is 2.18. The SMILES string of the molecule is CNCc1cnc(N(C)CC2CCCO2)nc1.